The Morgan fingerprint density at radius 1 is 1.29 bits per heavy atom. The molecule has 2 rings (SSSR count). The molecule has 0 aromatic heterocycles. The molecule has 2 N–H and O–H groups in total. The highest BCUT2D eigenvalue weighted by molar-refractivity contribution is 5.29. The third-order valence-electron chi connectivity index (χ3n) is 3.22. The second kappa shape index (κ2) is 6.03. The molecule has 1 heterocycles. The fourth-order valence-electron chi connectivity index (χ4n) is 2.02. The maximum atomic E-state index is 5.97. The molecule has 0 saturated carbocycles. The van der Waals surface area contributed by atoms with Gasteiger partial charge in [0.2, 0.25) is 0 Å². The zero-order chi connectivity index (χ0) is 12.1. The number of rotatable bonds is 4. The van der Waals surface area contributed by atoms with Crippen LogP contribution in [0.15, 0.2) is 24.3 Å². The predicted octanol–water partition coefficient (Wildman–Crippen LogP) is 2.65. The lowest BCUT2D eigenvalue weighted by molar-refractivity contribution is 0.0255. The average Bonchev–Trinajstić information content (AvgIpc) is 2.40. The largest absolute Gasteiger partial charge is 0.490 e. The van der Waals surface area contributed by atoms with Crippen molar-refractivity contribution in [3.8, 4) is 5.75 Å². The molecule has 1 aliphatic heterocycles. The van der Waals surface area contributed by atoms with Gasteiger partial charge in [-0.2, -0.15) is 0 Å². The van der Waals surface area contributed by atoms with Crippen molar-refractivity contribution >= 4 is 0 Å². The van der Waals surface area contributed by atoms with E-state index in [-0.39, 0.29) is 6.04 Å². The smallest absolute Gasteiger partial charge is 0.119 e. The highest BCUT2D eigenvalue weighted by atomic mass is 16.5. The fourth-order valence-corrected chi connectivity index (χ4v) is 2.02. The van der Waals surface area contributed by atoms with Gasteiger partial charge in [0.25, 0.3) is 0 Å². The minimum Gasteiger partial charge on any atom is -0.490 e. The lowest BCUT2D eigenvalue weighted by Gasteiger charge is -2.23. The average molecular weight is 235 g/mol. The van der Waals surface area contributed by atoms with Crippen molar-refractivity contribution in [2.45, 2.75) is 38.3 Å². The number of benzene rings is 1. The molecule has 0 spiro atoms. The summed E-state index contributed by atoms with van der Waals surface area (Å²) in [6.45, 7) is 3.71. The quantitative estimate of drug-likeness (QED) is 0.872. The Kier molecular flexibility index (Phi) is 4.40. The molecule has 0 aliphatic carbocycles. The lowest BCUT2D eigenvalue weighted by Crippen LogP contribution is -2.25. The third-order valence-corrected chi connectivity index (χ3v) is 3.22. The van der Waals surface area contributed by atoms with Crippen molar-refractivity contribution in [3.63, 3.8) is 0 Å². The summed E-state index contributed by atoms with van der Waals surface area (Å²) in [5, 5.41) is 0. The molecule has 3 nitrogen and oxygen atoms in total. The van der Waals surface area contributed by atoms with E-state index in [1.54, 1.807) is 0 Å². The van der Waals surface area contributed by atoms with Gasteiger partial charge in [-0.05, 0) is 24.1 Å². The van der Waals surface area contributed by atoms with E-state index < -0.39 is 0 Å². The molecule has 0 amide bonds. The molecule has 1 fully saturated rings. The second-order valence-electron chi connectivity index (χ2n) is 4.51. The molecule has 1 aromatic carbocycles. The van der Waals surface area contributed by atoms with Gasteiger partial charge < -0.3 is 15.2 Å². The van der Waals surface area contributed by atoms with Crippen LogP contribution in [0.3, 0.4) is 0 Å². The number of nitrogens with two attached hydrogens (primary N) is 1. The second-order valence-corrected chi connectivity index (χ2v) is 4.51. The van der Waals surface area contributed by atoms with Gasteiger partial charge in [-0.25, -0.2) is 0 Å². The Labute approximate surface area is 103 Å². The zero-order valence-corrected chi connectivity index (χ0v) is 10.4. The summed E-state index contributed by atoms with van der Waals surface area (Å²) in [5.41, 5.74) is 7.14. The summed E-state index contributed by atoms with van der Waals surface area (Å²) in [5.74, 6) is 0.934. The van der Waals surface area contributed by atoms with E-state index in [4.69, 9.17) is 15.2 Å². The maximum absolute atomic E-state index is 5.97. The van der Waals surface area contributed by atoms with Crippen molar-refractivity contribution < 1.29 is 9.47 Å². The minimum atomic E-state index is 0.132. The molecule has 1 unspecified atom stereocenters. The van der Waals surface area contributed by atoms with Crippen LogP contribution in [0.25, 0.3) is 0 Å². The first kappa shape index (κ1) is 12.4. The fraction of sp³-hybridized carbons (Fsp3) is 0.571. The van der Waals surface area contributed by atoms with Gasteiger partial charge in [0.05, 0.1) is 13.2 Å². The monoisotopic (exact) mass is 235 g/mol. The minimum absolute atomic E-state index is 0.132. The molecule has 0 radical (unpaired) electrons. The standard InChI is InChI=1S/C14H21NO2/c1-2-14(15)11-3-5-12(6-4-11)17-13-7-9-16-10-8-13/h3-6,13-14H,2,7-10,15H2,1H3. The summed E-state index contributed by atoms with van der Waals surface area (Å²) in [7, 11) is 0. The molecule has 17 heavy (non-hydrogen) atoms. The van der Waals surface area contributed by atoms with E-state index in [2.05, 4.69) is 19.1 Å². The van der Waals surface area contributed by atoms with Crippen molar-refractivity contribution in [2.24, 2.45) is 5.73 Å². The van der Waals surface area contributed by atoms with Crippen LogP contribution in [-0.4, -0.2) is 19.3 Å². The van der Waals surface area contributed by atoms with Crippen molar-refractivity contribution in [1.82, 2.24) is 0 Å². The summed E-state index contributed by atoms with van der Waals surface area (Å²) < 4.78 is 11.2. The maximum Gasteiger partial charge on any atom is 0.119 e. The van der Waals surface area contributed by atoms with E-state index in [1.807, 2.05) is 12.1 Å². The molecular weight excluding hydrogens is 214 g/mol. The Hall–Kier alpha value is -1.06. The van der Waals surface area contributed by atoms with Gasteiger partial charge in [-0.15, -0.1) is 0 Å². The van der Waals surface area contributed by atoms with Crippen molar-refractivity contribution in [1.29, 1.82) is 0 Å². The molecular formula is C14H21NO2. The topological polar surface area (TPSA) is 44.5 Å². The van der Waals surface area contributed by atoms with E-state index >= 15 is 0 Å². The number of hydrogen-bond acceptors (Lipinski definition) is 3. The highest BCUT2D eigenvalue weighted by Crippen LogP contribution is 2.21. The van der Waals surface area contributed by atoms with Crippen LogP contribution in [0.5, 0.6) is 5.75 Å². The van der Waals surface area contributed by atoms with Crippen LogP contribution in [0.4, 0.5) is 0 Å². The summed E-state index contributed by atoms with van der Waals surface area (Å²) in [6.07, 6.45) is 3.22. The van der Waals surface area contributed by atoms with Crippen LogP contribution >= 0.6 is 0 Å². The third kappa shape index (κ3) is 3.45. The zero-order valence-electron chi connectivity index (χ0n) is 10.4. The van der Waals surface area contributed by atoms with Crippen molar-refractivity contribution in [3.05, 3.63) is 29.8 Å². The van der Waals surface area contributed by atoms with Crippen LogP contribution in [0.2, 0.25) is 0 Å². The Bertz CT molecular complexity index is 331. The predicted molar refractivity (Wildman–Crippen MR) is 68.1 cm³/mol. The van der Waals surface area contributed by atoms with Gasteiger partial charge in [0.15, 0.2) is 0 Å². The first-order valence-electron chi connectivity index (χ1n) is 6.39. The normalized spacial score (nSPS) is 18.9. The van der Waals surface area contributed by atoms with Gasteiger partial charge in [0, 0.05) is 18.9 Å². The summed E-state index contributed by atoms with van der Waals surface area (Å²) >= 11 is 0. The first-order chi connectivity index (χ1) is 8.29. The van der Waals surface area contributed by atoms with Crippen LogP contribution < -0.4 is 10.5 Å². The lowest BCUT2D eigenvalue weighted by atomic mass is 10.1. The number of ether oxygens (including phenoxy) is 2. The Balaban J connectivity index is 1.93. The molecule has 1 saturated heterocycles. The van der Waals surface area contributed by atoms with Gasteiger partial charge in [-0.3, -0.25) is 0 Å². The van der Waals surface area contributed by atoms with Gasteiger partial charge in [-0.1, -0.05) is 19.1 Å². The van der Waals surface area contributed by atoms with Crippen molar-refractivity contribution in [2.75, 3.05) is 13.2 Å². The van der Waals surface area contributed by atoms with Crippen LogP contribution in [0, 0.1) is 0 Å². The van der Waals surface area contributed by atoms with Gasteiger partial charge in [0.1, 0.15) is 11.9 Å². The molecule has 3 heteroatoms. The Morgan fingerprint density at radius 3 is 2.53 bits per heavy atom. The van der Waals surface area contributed by atoms with E-state index in [0.29, 0.717) is 6.10 Å². The highest BCUT2D eigenvalue weighted by Gasteiger charge is 2.15. The van der Waals surface area contributed by atoms with E-state index in [9.17, 15) is 0 Å². The summed E-state index contributed by atoms with van der Waals surface area (Å²) in [6, 6.07) is 8.28. The molecule has 1 aromatic rings. The van der Waals surface area contributed by atoms with Crippen LogP contribution in [0.1, 0.15) is 37.8 Å². The molecule has 1 atom stereocenters. The number of hydrogen-bond donors (Lipinski definition) is 1. The van der Waals surface area contributed by atoms with Gasteiger partial charge >= 0.3 is 0 Å². The Morgan fingerprint density at radius 2 is 1.94 bits per heavy atom. The molecule has 1 aliphatic rings. The van der Waals surface area contributed by atoms with E-state index in [1.165, 1.54) is 5.56 Å². The molecule has 94 valence electrons. The van der Waals surface area contributed by atoms with Crippen LogP contribution in [-0.2, 0) is 4.74 Å². The molecule has 0 bridgehead atoms. The van der Waals surface area contributed by atoms with E-state index in [0.717, 1.165) is 38.2 Å². The first-order valence-corrected chi connectivity index (χ1v) is 6.39. The summed E-state index contributed by atoms with van der Waals surface area (Å²) in [4.78, 5) is 0. The SMILES string of the molecule is CCC(N)c1ccc(OC2CCOCC2)cc1.